The zero-order chi connectivity index (χ0) is 14.4. The fourth-order valence-electron chi connectivity index (χ4n) is 3.39. The largest absolute Gasteiger partial charge is 0.478 e. The van der Waals surface area contributed by atoms with Crippen LogP contribution >= 0.6 is 12.4 Å². The molecule has 2 N–H and O–H groups in total. The lowest BCUT2D eigenvalue weighted by atomic mass is 9.80. The van der Waals surface area contributed by atoms with Gasteiger partial charge in [-0.1, -0.05) is 0 Å². The van der Waals surface area contributed by atoms with E-state index >= 15 is 0 Å². The van der Waals surface area contributed by atoms with Crippen molar-refractivity contribution in [1.29, 1.82) is 0 Å². The molecule has 4 rings (SSSR count). The maximum Gasteiger partial charge on any atom is 0.337 e. The van der Waals surface area contributed by atoms with Crippen molar-refractivity contribution in [2.75, 3.05) is 6.54 Å². The van der Waals surface area contributed by atoms with E-state index in [0.717, 1.165) is 36.4 Å². The van der Waals surface area contributed by atoms with Gasteiger partial charge >= 0.3 is 5.97 Å². The van der Waals surface area contributed by atoms with Crippen LogP contribution in [0.5, 0.6) is 0 Å². The van der Waals surface area contributed by atoms with E-state index in [9.17, 15) is 4.79 Å². The summed E-state index contributed by atoms with van der Waals surface area (Å²) in [5.74, 6) is -0.248. The maximum absolute atomic E-state index is 11.1. The second-order valence-electron chi connectivity index (χ2n) is 5.67. The van der Waals surface area contributed by atoms with E-state index in [0.29, 0.717) is 5.92 Å². The van der Waals surface area contributed by atoms with Gasteiger partial charge in [0.2, 0.25) is 0 Å². The molecule has 1 aliphatic carbocycles. The molecule has 3 heterocycles. The van der Waals surface area contributed by atoms with Crippen molar-refractivity contribution in [2.24, 2.45) is 10.9 Å². The highest BCUT2D eigenvalue weighted by molar-refractivity contribution is 6.03. The summed E-state index contributed by atoms with van der Waals surface area (Å²) in [6, 6.07) is 1.69. The number of nitrogens with one attached hydrogen (secondary N) is 1. The summed E-state index contributed by atoms with van der Waals surface area (Å²) in [7, 11) is 0. The van der Waals surface area contributed by atoms with Crippen LogP contribution in [0.2, 0.25) is 0 Å². The van der Waals surface area contributed by atoms with Gasteiger partial charge in [-0.05, 0) is 36.6 Å². The number of rotatable bonds is 1. The van der Waals surface area contributed by atoms with Crippen LogP contribution in [0.15, 0.2) is 35.2 Å². The summed E-state index contributed by atoms with van der Waals surface area (Å²) in [6.07, 6.45) is 9.31. The van der Waals surface area contributed by atoms with Crippen LogP contribution in [0.25, 0.3) is 6.08 Å². The molecule has 0 aromatic carbocycles. The Labute approximate surface area is 134 Å². The van der Waals surface area contributed by atoms with Crippen molar-refractivity contribution in [3.05, 3.63) is 47.1 Å². The molecule has 22 heavy (non-hydrogen) atoms. The van der Waals surface area contributed by atoms with Gasteiger partial charge in [0, 0.05) is 36.5 Å². The Balaban J connectivity index is 0.00000144. The topological polar surface area (TPSA) is 74.6 Å². The number of hydrogen-bond acceptors (Lipinski definition) is 4. The number of hydrogen-bond donors (Lipinski definition) is 2. The molecule has 0 saturated carbocycles. The standard InChI is InChI=1S/C16H15N3O2.ClH/c20-16(21)11-5-10-2-4-18-14-7-13-9(1-3-17-13)6-12(14)15(10)19-8-11;/h2,4-5,7-9,12,17H,1,3,6H2,(H,20,21);1H. The maximum atomic E-state index is 11.1. The van der Waals surface area contributed by atoms with Crippen LogP contribution in [0, 0.1) is 5.92 Å². The Morgan fingerprint density at radius 1 is 1.41 bits per heavy atom. The van der Waals surface area contributed by atoms with Gasteiger partial charge in [0.15, 0.2) is 0 Å². The number of nitrogens with zero attached hydrogens (tertiary/aromatic N) is 2. The summed E-state index contributed by atoms with van der Waals surface area (Å²) in [5.41, 5.74) is 4.32. The molecular formula is C16H16ClN3O2. The molecule has 3 aliphatic rings. The van der Waals surface area contributed by atoms with E-state index in [-0.39, 0.29) is 23.9 Å². The van der Waals surface area contributed by atoms with Gasteiger partial charge in [-0.3, -0.25) is 9.98 Å². The fraction of sp³-hybridized carbons (Fsp3) is 0.312. The van der Waals surface area contributed by atoms with E-state index in [4.69, 9.17) is 5.11 Å². The first-order chi connectivity index (χ1) is 10.2. The Morgan fingerprint density at radius 3 is 3.09 bits per heavy atom. The van der Waals surface area contributed by atoms with Crippen molar-refractivity contribution >= 4 is 30.2 Å². The second kappa shape index (κ2) is 5.57. The third-order valence-corrected chi connectivity index (χ3v) is 4.45. The molecule has 1 aromatic rings. The van der Waals surface area contributed by atoms with Gasteiger partial charge in [0.1, 0.15) is 0 Å². The molecule has 2 aliphatic heterocycles. The highest BCUT2D eigenvalue weighted by Gasteiger charge is 2.34. The van der Waals surface area contributed by atoms with Crippen LogP contribution in [0.4, 0.5) is 0 Å². The minimum atomic E-state index is -0.949. The zero-order valence-corrected chi connectivity index (χ0v) is 12.6. The molecule has 1 saturated heterocycles. The molecule has 2 unspecified atom stereocenters. The predicted molar refractivity (Wildman–Crippen MR) is 86.5 cm³/mol. The fourth-order valence-corrected chi connectivity index (χ4v) is 3.39. The van der Waals surface area contributed by atoms with Crippen molar-refractivity contribution < 1.29 is 9.90 Å². The molecule has 5 nitrogen and oxygen atoms in total. The number of aliphatic imine (C=N–C) groups is 1. The third-order valence-electron chi connectivity index (χ3n) is 4.45. The van der Waals surface area contributed by atoms with Crippen LogP contribution in [-0.2, 0) is 0 Å². The van der Waals surface area contributed by atoms with Crippen molar-refractivity contribution in [3.8, 4) is 0 Å². The second-order valence-corrected chi connectivity index (χ2v) is 5.67. The van der Waals surface area contributed by atoms with Crippen molar-refractivity contribution in [1.82, 2.24) is 10.3 Å². The minimum Gasteiger partial charge on any atom is -0.478 e. The molecule has 0 radical (unpaired) electrons. The van der Waals surface area contributed by atoms with Gasteiger partial charge in [-0.15, -0.1) is 12.4 Å². The molecule has 6 heteroatoms. The summed E-state index contributed by atoms with van der Waals surface area (Å²) in [5, 5.41) is 12.5. The normalized spacial score (nSPS) is 24.5. The minimum absolute atomic E-state index is 0. The van der Waals surface area contributed by atoms with Crippen LogP contribution in [-0.4, -0.2) is 28.3 Å². The third kappa shape index (κ3) is 2.31. The first kappa shape index (κ1) is 14.8. The van der Waals surface area contributed by atoms with Crippen LogP contribution in [0.3, 0.4) is 0 Å². The molecule has 0 bridgehead atoms. The van der Waals surface area contributed by atoms with Crippen molar-refractivity contribution in [2.45, 2.75) is 18.8 Å². The van der Waals surface area contributed by atoms with Gasteiger partial charge in [-0.2, -0.15) is 0 Å². The highest BCUT2D eigenvalue weighted by Crippen LogP contribution is 2.39. The van der Waals surface area contributed by atoms with Gasteiger partial charge in [-0.25, -0.2) is 4.79 Å². The molecule has 2 atom stereocenters. The Bertz CT molecular complexity index is 724. The van der Waals surface area contributed by atoms with Crippen molar-refractivity contribution in [3.63, 3.8) is 0 Å². The average Bonchev–Trinajstić information content (AvgIpc) is 2.85. The molecular weight excluding hydrogens is 302 g/mol. The number of carbonyl (C=O) groups is 1. The van der Waals surface area contributed by atoms with E-state index in [2.05, 4.69) is 21.4 Å². The molecule has 1 fully saturated rings. The number of fused-ring (bicyclic) bond motifs is 4. The summed E-state index contributed by atoms with van der Waals surface area (Å²) < 4.78 is 0. The molecule has 0 spiro atoms. The lowest BCUT2D eigenvalue weighted by Gasteiger charge is -2.26. The Morgan fingerprint density at radius 2 is 2.27 bits per heavy atom. The number of halogens is 1. The Hall–Kier alpha value is -2.14. The quantitative estimate of drug-likeness (QED) is 0.835. The lowest BCUT2D eigenvalue weighted by molar-refractivity contribution is 0.0696. The zero-order valence-electron chi connectivity index (χ0n) is 11.8. The van der Waals surface area contributed by atoms with Gasteiger partial charge in [0.05, 0.1) is 17.0 Å². The van der Waals surface area contributed by atoms with E-state index in [1.807, 2.05) is 6.08 Å². The molecule has 0 amide bonds. The number of aromatic carboxylic acids is 1. The monoisotopic (exact) mass is 317 g/mol. The SMILES string of the molecule is Cl.O=C(O)c1cnc2c(c1)C=CN=C1C=C3NCCC3CC12. The van der Waals surface area contributed by atoms with E-state index in [1.165, 1.54) is 11.9 Å². The number of allylic oxidation sites excluding steroid dienone is 2. The molecule has 114 valence electrons. The molecule has 1 aromatic heterocycles. The van der Waals surface area contributed by atoms with Gasteiger partial charge in [0.25, 0.3) is 0 Å². The van der Waals surface area contributed by atoms with Gasteiger partial charge < -0.3 is 10.4 Å². The predicted octanol–water partition coefficient (Wildman–Crippen LogP) is 2.61. The lowest BCUT2D eigenvalue weighted by Crippen LogP contribution is -2.24. The number of carboxylic acids is 1. The first-order valence-electron chi connectivity index (χ1n) is 7.15. The number of aromatic nitrogens is 1. The van der Waals surface area contributed by atoms with Crippen LogP contribution in [0.1, 0.15) is 40.4 Å². The Kier molecular flexibility index (Phi) is 3.74. The summed E-state index contributed by atoms with van der Waals surface area (Å²) in [6.45, 7) is 1.02. The number of pyridine rings is 1. The van der Waals surface area contributed by atoms with E-state index in [1.54, 1.807) is 12.3 Å². The van der Waals surface area contributed by atoms with Crippen LogP contribution < -0.4 is 5.32 Å². The number of carboxylic acid groups (broad SMARTS) is 1. The summed E-state index contributed by atoms with van der Waals surface area (Å²) >= 11 is 0. The summed E-state index contributed by atoms with van der Waals surface area (Å²) in [4.78, 5) is 20.1. The first-order valence-corrected chi connectivity index (χ1v) is 7.15. The van der Waals surface area contributed by atoms with E-state index < -0.39 is 5.97 Å². The smallest absolute Gasteiger partial charge is 0.337 e. The average molecular weight is 318 g/mol. The highest BCUT2D eigenvalue weighted by atomic mass is 35.5.